The average molecular weight is 470 g/mol. The van der Waals surface area contributed by atoms with E-state index >= 15 is 0 Å². The van der Waals surface area contributed by atoms with E-state index in [-0.39, 0.29) is 32.5 Å². The third-order valence-electron chi connectivity index (χ3n) is 4.66. The van der Waals surface area contributed by atoms with Gasteiger partial charge in [-0.15, -0.1) is 0 Å². The lowest BCUT2D eigenvalue weighted by molar-refractivity contribution is -0.137. The predicted molar refractivity (Wildman–Crippen MR) is 112 cm³/mol. The highest BCUT2D eigenvalue weighted by molar-refractivity contribution is 7.89. The van der Waals surface area contributed by atoms with Gasteiger partial charge in [-0.1, -0.05) is 17.3 Å². The van der Waals surface area contributed by atoms with Gasteiger partial charge in [-0.25, -0.2) is 8.42 Å². The Morgan fingerprint density at radius 1 is 1.12 bits per heavy atom. The van der Waals surface area contributed by atoms with E-state index in [9.17, 15) is 26.4 Å². The number of amides is 1. The maximum absolute atomic E-state index is 12.9. The van der Waals surface area contributed by atoms with Gasteiger partial charge < -0.3 is 15.9 Å². The molecule has 3 rings (SSSR count). The van der Waals surface area contributed by atoms with Gasteiger partial charge in [0, 0.05) is 37.3 Å². The molecule has 2 aromatic carbocycles. The number of nitrogens with one attached hydrogen (secondary N) is 1. The van der Waals surface area contributed by atoms with E-state index in [0.29, 0.717) is 23.2 Å². The van der Waals surface area contributed by atoms with Gasteiger partial charge in [0.25, 0.3) is 5.91 Å². The number of hydrogen-bond donors (Lipinski definition) is 2. The van der Waals surface area contributed by atoms with E-state index in [2.05, 4.69) is 10.5 Å². The topological polar surface area (TPSA) is 114 Å². The van der Waals surface area contributed by atoms with Gasteiger partial charge in [-0.2, -0.15) is 17.5 Å². The molecule has 8 nitrogen and oxygen atoms in total. The summed E-state index contributed by atoms with van der Waals surface area (Å²) in [5, 5.41) is 6.48. The zero-order valence-electron chi connectivity index (χ0n) is 16.8. The third kappa shape index (κ3) is 5.98. The second kappa shape index (κ2) is 9.57. The minimum atomic E-state index is -4.63. The molecular weight excluding hydrogens is 449 g/mol. The Morgan fingerprint density at radius 3 is 2.47 bits per heavy atom. The summed E-state index contributed by atoms with van der Waals surface area (Å²) in [6.45, 7) is -0.267. The first-order chi connectivity index (χ1) is 15.1. The highest BCUT2D eigenvalue weighted by atomic mass is 32.2. The van der Waals surface area contributed by atoms with Crippen molar-refractivity contribution in [3.8, 4) is 0 Å². The number of carbonyl (C=O) groups excluding carboxylic acids is 1. The van der Waals surface area contributed by atoms with Crippen LogP contribution in [0.1, 0.15) is 18.4 Å². The van der Waals surface area contributed by atoms with Gasteiger partial charge in [0.2, 0.25) is 10.0 Å². The van der Waals surface area contributed by atoms with Gasteiger partial charge in [-0.05, 0) is 36.4 Å². The zero-order valence-corrected chi connectivity index (χ0v) is 17.6. The molecule has 172 valence electrons. The maximum atomic E-state index is 12.9. The number of halogens is 3. The van der Waals surface area contributed by atoms with E-state index < -0.39 is 32.6 Å². The third-order valence-corrected chi connectivity index (χ3v) is 6.55. The number of sulfonamides is 1. The number of carbonyl (C=O) groups is 1. The van der Waals surface area contributed by atoms with E-state index in [0.717, 1.165) is 22.5 Å². The Hall–Kier alpha value is -3.12. The van der Waals surface area contributed by atoms with Gasteiger partial charge in [0.05, 0.1) is 16.2 Å². The standard InChI is InChI=1S/C20H21F3N4O4S/c21-20(22,23)14-3-1-6-18(11-14)32(29,30)27-9-7-16(8-10-27)26-31-13-19(28)25-17-5-2-4-15(24)12-17/h1-6,11-12H,7-10,13,24H2,(H,25,28). The Bertz CT molecular complexity index is 1110. The molecule has 1 aliphatic rings. The van der Waals surface area contributed by atoms with Crippen molar-refractivity contribution < 1.29 is 31.2 Å². The van der Waals surface area contributed by atoms with Crippen molar-refractivity contribution in [1.82, 2.24) is 4.31 Å². The predicted octanol–water partition coefficient (Wildman–Crippen LogP) is 3.08. The van der Waals surface area contributed by atoms with Gasteiger partial charge in [0.1, 0.15) is 0 Å². The Labute approximate surface area is 182 Å². The largest absolute Gasteiger partial charge is 0.416 e. The molecule has 32 heavy (non-hydrogen) atoms. The van der Waals surface area contributed by atoms with E-state index in [4.69, 9.17) is 10.6 Å². The number of piperidine rings is 1. The lowest BCUT2D eigenvalue weighted by atomic mass is 10.1. The number of nitrogen functional groups attached to an aromatic ring is 1. The van der Waals surface area contributed by atoms with Crippen LogP contribution in [-0.2, 0) is 25.8 Å². The molecule has 0 spiro atoms. The molecule has 1 amide bonds. The highest BCUT2D eigenvalue weighted by Gasteiger charge is 2.33. The molecule has 2 aromatic rings. The number of anilines is 2. The summed E-state index contributed by atoms with van der Waals surface area (Å²) in [7, 11) is -4.08. The first kappa shape index (κ1) is 23.5. The smallest absolute Gasteiger partial charge is 0.399 e. The van der Waals surface area contributed by atoms with Crippen molar-refractivity contribution in [2.45, 2.75) is 23.9 Å². The van der Waals surface area contributed by atoms with Crippen molar-refractivity contribution in [1.29, 1.82) is 0 Å². The van der Waals surface area contributed by atoms with Crippen molar-refractivity contribution in [2.75, 3.05) is 30.7 Å². The zero-order chi connectivity index (χ0) is 23.4. The summed E-state index contributed by atoms with van der Waals surface area (Å²) in [6, 6.07) is 10.3. The molecule has 1 heterocycles. The van der Waals surface area contributed by atoms with Crippen molar-refractivity contribution >= 4 is 33.0 Å². The van der Waals surface area contributed by atoms with Crippen LogP contribution in [0.25, 0.3) is 0 Å². The second-order valence-electron chi connectivity index (χ2n) is 7.03. The quantitative estimate of drug-likeness (QED) is 0.498. The molecule has 0 bridgehead atoms. The molecule has 1 fully saturated rings. The van der Waals surface area contributed by atoms with Crippen molar-refractivity contribution in [3.05, 3.63) is 54.1 Å². The summed E-state index contributed by atoms with van der Waals surface area (Å²) in [6.07, 6.45) is -4.17. The molecule has 1 saturated heterocycles. The van der Waals surface area contributed by atoms with Crippen LogP contribution >= 0.6 is 0 Å². The van der Waals surface area contributed by atoms with Gasteiger partial charge in [-0.3, -0.25) is 4.79 Å². The molecule has 0 saturated carbocycles. The first-order valence-corrected chi connectivity index (χ1v) is 11.0. The minimum absolute atomic E-state index is 0.0380. The molecule has 12 heteroatoms. The van der Waals surface area contributed by atoms with Crippen molar-refractivity contribution in [2.24, 2.45) is 5.16 Å². The first-order valence-electron chi connectivity index (χ1n) is 9.56. The van der Waals surface area contributed by atoms with Crippen LogP contribution < -0.4 is 11.1 Å². The molecule has 3 N–H and O–H groups in total. The summed E-state index contributed by atoms with van der Waals surface area (Å²) in [5.41, 5.74) is 6.17. The number of benzene rings is 2. The second-order valence-corrected chi connectivity index (χ2v) is 8.97. The summed E-state index contributed by atoms with van der Waals surface area (Å²) < 4.78 is 65.2. The average Bonchev–Trinajstić information content (AvgIpc) is 2.73. The van der Waals surface area contributed by atoms with Crippen LogP contribution in [0, 0.1) is 0 Å². The fraction of sp³-hybridized carbons (Fsp3) is 0.300. The van der Waals surface area contributed by atoms with E-state index in [1.54, 1.807) is 24.3 Å². The lowest BCUT2D eigenvalue weighted by Crippen LogP contribution is -2.38. The van der Waals surface area contributed by atoms with Crippen LogP contribution in [0.2, 0.25) is 0 Å². The SMILES string of the molecule is Nc1cccc(NC(=O)CON=C2CCN(S(=O)(=O)c3cccc(C(F)(F)F)c3)CC2)c1. The number of alkyl halides is 3. The number of rotatable bonds is 6. The summed E-state index contributed by atoms with van der Waals surface area (Å²) in [4.78, 5) is 16.5. The molecular formula is C20H21F3N4O4S. The molecule has 0 aliphatic carbocycles. The van der Waals surface area contributed by atoms with Gasteiger partial charge >= 0.3 is 6.18 Å². The summed E-state index contributed by atoms with van der Waals surface area (Å²) >= 11 is 0. The monoisotopic (exact) mass is 470 g/mol. The Morgan fingerprint density at radius 2 is 1.81 bits per heavy atom. The fourth-order valence-electron chi connectivity index (χ4n) is 3.05. The molecule has 0 aromatic heterocycles. The van der Waals surface area contributed by atoms with Gasteiger partial charge in [0.15, 0.2) is 6.61 Å². The molecule has 1 aliphatic heterocycles. The van der Waals surface area contributed by atoms with E-state index in [1.807, 2.05) is 0 Å². The van der Waals surface area contributed by atoms with Crippen LogP contribution in [-0.4, -0.2) is 44.0 Å². The minimum Gasteiger partial charge on any atom is -0.399 e. The lowest BCUT2D eigenvalue weighted by Gasteiger charge is -2.26. The van der Waals surface area contributed by atoms with Crippen LogP contribution in [0.4, 0.5) is 24.5 Å². The van der Waals surface area contributed by atoms with Crippen molar-refractivity contribution in [3.63, 3.8) is 0 Å². The van der Waals surface area contributed by atoms with Crippen LogP contribution in [0.5, 0.6) is 0 Å². The number of oxime groups is 1. The van der Waals surface area contributed by atoms with Crippen LogP contribution in [0.3, 0.4) is 0 Å². The molecule has 0 radical (unpaired) electrons. The summed E-state index contributed by atoms with van der Waals surface area (Å²) in [5.74, 6) is -0.440. The Balaban J connectivity index is 1.53. The normalized spacial score (nSPS) is 15.3. The molecule has 0 atom stereocenters. The number of hydrogen-bond acceptors (Lipinski definition) is 6. The Kier molecular flexibility index (Phi) is 7.04. The fourth-order valence-corrected chi connectivity index (χ4v) is 4.54. The van der Waals surface area contributed by atoms with E-state index in [1.165, 1.54) is 0 Å². The number of nitrogens with zero attached hydrogens (tertiary/aromatic N) is 2. The maximum Gasteiger partial charge on any atom is 0.416 e. The van der Waals surface area contributed by atoms with Crippen LogP contribution in [0.15, 0.2) is 58.6 Å². The molecule has 0 unspecified atom stereocenters. The number of nitrogens with two attached hydrogens (primary N) is 1. The highest BCUT2D eigenvalue weighted by Crippen LogP contribution is 2.31.